The summed E-state index contributed by atoms with van der Waals surface area (Å²) < 4.78 is 36.1. The van der Waals surface area contributed by atoms with Crippen LogP contribution in [0.1, 0.15) is 40.0 Å². The number of fused-ring (bicyclic) bond motifs is 2. The Morgan fingerprint density at radius 2 is 1.94 bits per heavy atom. The standard InChI is InChI=1S/C12H20F3NO/c1-10(2)8-4-5-11(3,6-8)9(10)16-17-7-12(13,14)15/h8-9,16H,4-7H2,1-3H3/t8-,9?,11+/m0/s1. The summed E-state index contributed by atoms with van der Waals surface area (Å²) in [7, 11) is 0. The Kier molecular flexibility index (Phi) is 2.98. The molecule has 2 rings (SSSR count). The topological polar surface area (TPSA) is 21.3 Å². The molecule has 17 heavy (non-hydrogen) atoms. The first-order valence-electron chi connectivity index (χ1n) is 6.09. The van der Waals surface area contributed by atoms with Crippen molar-refractivity contribution in [3.8, 4) is 0 Å². The van der Waals surface area contributed by atoms with Crippen molar-refractivity contribution in [1.82, 2.24) is 5.48 Å². The Balaban J connectivity index is 1.96. The van der Waals surface area contributed by atoms with E-state index in [-0.39, 0.29) is 16.9 Å². The maximum absolute atomic E-state index is 12.0. The summed E-state index contributed by atoms with van der Waals surface area (Å²) in [6.07, 6.45) is -0.919. The zero-order valence-corrected chi connectivity index (χ0v) is 10.5. The second-order valence-corrected chi connectivity index (χ2v) is 6.37. The number of halogens is 3. The normalized spacial score (nSPS) is 39.9. The minimum absolute atomic E-state index is 0.0103. The maximum Gasteiger partial charge on any atom is 0.413 e. The zero-order valence-electron chi connectivity index (χ0n) is 10.5. The molecule has 2 aliphatic carbocycles. The second-order valence-electron chi connectivity index (χ2n) is 6.37. The Bertz CT molecular complexity index is 298. The largest absolute Gasteiger partial charge is 0.413 e. The van der Waals surface area contributed by atoms with Gasteiger partial charge in [-0.1, -0.05) is 20.8 Å². The van der Waals surface area contributed by atoms with E-state index in [1.165, 1.54) is 6.42 Å². The van der Waals surface area contributed by atoms with E-state index >= 15 is 0 Å². The highest BCUT2D eigenvalue weighted by atomic mass is 19.4. The molecular formula is C12H20F3NO. The van der Waals surface area contributed by atoms with Crippen molar-refractivity contribution in [2.24, 2.45) is 16.7 Å². The fourth-order valence-electron chi connectivity index (χ4n) is 3.80. The van der Waals surface area contributed by atoms with Crippen molar-refractivity contribution in [3.05, 3.63) is 0 Å². The van der Waals surface area contributed by atoms with E-state index in [1.54, 1.807) is 0 Å². The molecule has 0 radical (unpaired) electrons. The van der Waals surface area contributed by atoms with Crippen LogP contribution in [0.2, 0.25) is 0 Å². The van der Waals surface area contributed by atoms with E-state index in [9.17, 15) is 13.2 Å². The summed E-state index contributed by atoms with van der Waals surface area (Å²) in [5, 5.41) is 0. The molecule has 0 aliphatic heterocycles. The van der Waals surface area contributed by atoms with E-state index in [0.29, 0.717) is 5.92 Å². The van der Waals surface area contributed by atoms with Crippen LogP contribution in [0.25, 0.3) is 0 Å². The van der Waals surface area contributed by atoms with E-state index in [4.69, 9.17) is 0 Å². The van der Waals surface area contributed by atoms with Gasteiger partial charge in [-0.15, -0.1) is 0 Å². The van der Waals surface area contributed by atoms with Crippen LogP contribution in [0, 0.1) is 16.7 Å². The van der Waals surface area contributed by atoms with Crippen molar-refractivity contribution < 1.29 is 18.0 Å². The zero-order chi connectivity index (χ0) is 12.9. The fourth-order valence-corrected chi connectivity index (χ4v) is 3.80. The summed E-state index contributed by atoms with van der Waals surface area (Å²) in [6, 6.07) is 0.0103. The van der Waals surface area contributed by atoms with E-state index in [0.717, 1.165) is 12.8 Å². The fraction of sp³-hybridized carbons (Fsp3) is 1.00. The number of hydrogen-bond acceptors (Lipinski definition) is 2. The third-order valence-corrected chi connectivity index (χ3v) is 4.71. The van der Waals surface area contributed by atoms with E-state index in [1.807, 2.05) is 0 Å². The van der Waals surface area contributed by atoms with Crippen LogP contribution < -0.4 is 5.48 Å². The molecule has 0 saturated heterocycles. The summed E-state index contributed by atoms with van der Waals surface area (Å²) in [5.41, 5.74) is 2.78. The molecule has 0 heterocycles. The summed E-state index contributed by atoms with van der Waals surface area (Å²) in [5.74, 6) is 0.597. The number of nitrogens with one attached hydrogen (secondary N) is 1. The van der Waals surface area contributed by atoms with Crippen LogP contribution >= 0.6 is 0 Å². The van der Waals surface area contributed by atoms with Crippen molar-refractivity contribution in [3.63, 3.8) is 0 Å². The van der Waals surface area contributed by atoms with Crippen LogP contribution in [0.15, 0.2) is 0 Å². The van der Waals surface area contributed by atoms with Crippen LogP contribution in [0.5, 0.6) is 0 Å². The van der Waals surface area contributed by atoms with E-state index < -0.39 is 12.8 Å². The summed E-state index contributed by atoms with van der Waals surface area (Å²) in [4.78, 5) is 4.66. The molecule has 2 fully saturated rings. The van der Waals surface area contributed by atoms with Gasteiger partial charge >= 0.3 is 6.18 Å². The van der Waals surface area contributed by atoms with Crippen LogP contribution in [0.3, 0.4) is 0 Å². The summed E-state index contributed by atoms with van der Waals surface area (Å²) >= 11 is 0. The van der Waals surface area contributed by atoms with Crippen LogP contribution in [0.4, 0.5) is 13.2 Å². The summed E-state index contributed by atoms with van der Waals surface area (Å²) in [6.45, 7) is 5.17. The third kappa shape index (κ3) is 2.32. The van der Waals surface area contributed by atoms with Gasteiger partial charge in [0, 0.05) is 6.04 Å². The van der Waals surface area contributed by atoms with Gasteiger partial charge < -0.3 is 0 Å². The first-order valence-corrected chi connectivity index (χ1v) is 6.09. The van der Waals surface area contributed by atoms with Gasteiger partial charge in [0.05, 0.1) is 0 Å². The average Bonchev–Trinajstić information content (AvgIpc) is 2.60. The van der Waals surface area contributed by atoms with Crippen molar-refractivity contribution in [2.45, 2.75) is 52.3 Å². The Labute approximate surface area is 99.9 Å². The lowest BCUT2D eigenvalue weighted by molar-refractivity contribution is -0.200. The molecule has 0 aromatic rings. The molecule has 0 aromatic carbocycles. The number of hydrogen-bond donors (Lipinski definition) is 1. The van der Waals surface area contributed by atoms with Crippen LogP contribution in [-0.2, 0) is 4.84 Å². The number of hydroxylamine groups is 1. The predicted molar refractivity (Wildman–Crippen MR) is 58.2 cm³/mol. The molecule has 3 atom stereocenters. The highest BCUT2D eigenvalue weighted by Crippen LogP contribution is 2.62. The third-order valence-electron chi connectivity index (χ3n) is 4.71. The van der Waals surface area contributed by atoms with Gasteiger partial charge in [-0.3, -0.25) is 4.84 Å². The average molecular weight is 251 g/mol. The second kappa shape index (κ2) is 3.85. The van der Waals surface area contributed by atoms with Gasteiger partial charge in [0.25, 0.3) is 0 Å². The highest BCUT2D eigenvalue weighted by molar-refractivity contribution is 5.11. The predicted octanol–water partition coefficient (Wildman–Crippen LogP) is 3.28. The first-order chi connectivity index (χ1) is 7.65. The Morgan fingerprint density at radius 1 is 1.29 bits per heavy atom. The van der Waals surface area contributed by atoms with Gasteiger partial charge in [-0.2, -0.15) is 18.7 Å². The molecule has 5 heteroatoms. The SMILES string of the molecule is CC1(C)C(NOCC(F)(F)F)[C@]2(C)CC[C@H]1C2. The minimum Gasteiger partial charge on any atom is -0.292 e. The first kappa shape index (κ1) is 13.1. The van der Waals surface area contributed by atoms with Gasteiger partial charge in [0.1, 0.15) is 0 Å². The Morgan fingerprint density at radius 3 is 2.41 bits per heavy atom. The van der Waals surface area contributed by atoms with Crippen molar-refractivity contribution >= 4 is 0 Å². The lowest BCUT2D eigenvalue weighted by atomic mass is 9.69. The van der Waals surface area contributed by atoms with Crippen LogP contribution in [-0.4, -0.2) is 18.8 Å². The molecule has 100 valence electrons. The van der Waals surface area contributed by atoms with Gasteiger partial charge in [-0.05, 0) is 36.0 Å². The van der Waals surface area contributed by atoms with Gasteiger partial charge in [-0.25, -0.2) is 0 Å². The molecule has 2 nitrogen and oxygen atoms in total. The molecule has 1 unspecified atom stereocenters. The van der Waals surface area contributed by atoms with Crippen molar-refractivity contribution in [2.75, 3.05) is 6.61 Å². The van der Waals surface area contributed by atoms with Crippen molar-refractivity contribution in [1.29, 1.82) is 0 Å². The lowest BCUT2D eigenvalue weighted by Crippen LogP contribution is -2.50. The van der Waals surface area contributed by atoms with Gasteiger partial charge in [0.2, 0.25) is 0 Å². The quantitative estimate of drug-likeness (QED) is 0.777. The van der Waals surface area contributed by atoms with Gasteiger partial charge in [0.15, 0.2) is 6.61 Å². The molecule has 2 aliphatic rings. The number of alkyl halides is 3. The Hall–Kier alpha value is -0.290. The molecule has 0 aromatic heterocycles. The smallest absolute Gasteiger partial charge is 0.292 e. The monoisotopic (exact) mass is 251 g/mol. The molecule has 1 N–H and O–H groups in total. The molecular weight excluding hydrogens is 231 g/mol. The molecule has 2 saturated carbocycles. The number of rotatable bonds is 3. The molecule has 0 spiro atoms. The maximum atomic E-state index is 12.0. The molecule has 0 amide bonds. The molecule has 2 bridgehead atoms. The highest BCUT2D eigenvalue weighted by Gasteiger charge is 2.59. The minimum atomic E-state index is -4.27. The van der Waals surface area contributed by atoms with E-state index in [2.05, 4.69) is 31.1 Å². The lowest BCUT2D eigenvalue weighted by Gasteiger charge is -2.42.